The molecule has 0 heterocycles. The summed E-state index contributed by atoms with van der Waals surface area (Å²) in [5.41, 5.74) is 0.440. The van der Waals surface area contributed by atoms with Crippen LogP contribution >= 0.6 is 0 Å². The normalized spacial score (nSPS) is 10.0. The van der Waals surface area contributed by atoms with E-state index in [1.807, 2.05) is 0 Å². The van der Waals surface area contributed by atoms with Crippen LogP contribution < -0.4 is 16.0 Å². The predicted octanol–water partition coefficient (Wildman–Crippen LogP) is 2.10. The quantitative estimate of drug-likeness (QED) is 0.364. The van der Waals surface area contributed by atoms with Gasteiger partial charge in [0.25, 0.3) is 17.5 Å². The SMILES string of the molecule is CCC(=O)NCCNC(=O)c1ccc(NC(=O)c2ccccc2[N+](=O)[O-])cc1. The topological polar surface area (TPSA) is 130 Å². The van der Waals surface area contributed by atoms with Crippen LogP contribution in [0.5, 0.6) is 0 Å². The average Bonchev–Trinajstić information content (AvgIpc) is 2.71. The van der Waals surface area contributed by atoms with E-state index in [9.17, 15) is 24.5 Å². The monoisotopic (exact) mass is 384 g/mol. The molecule has 28 heavy (non-hydrogen) atoms. The molecule has 0 aliphatic heterocycles. The van der Waals surface area contributed by atoms with Gasteiger partial charge in [0, 0.05) is 36.8 Å². The number of rotatable bonds is 8. The molecule has 2 aromatic rings. The summed E-state index contributed by atoms with van der Waals surface area (Å²) in [6, 6.07) is 11.7. The minimum absolute atomic E-state index is 0.0524. The molecule has 2 aromatic carbocycles. The van der Waals surface area contributed by atoms with Gasteiger partial charge in [0.05, 0.1) is 4.92 Å². The molecule has 0 atom stereocenters. The molecule has 9 heteroatoms. The van der Waals surface area contributed by atoms with Crippen LogP contribution in [0.3, 0.4) is 0 Å². The fourth-order valence-corrected chi connectivity index (χ4v) is 2.33. The van der Waals surface area contributed by atoms with Crippen molar-refractivity contribution in [2.75, 3.05) is 18.4 Å². The Labute approximate surface area is 161 Å². The van der Waals surface area contributed by atoms with Gasteiger partial charge in [-0.3, -0.25) is 24.5 Å². The number of nitrogens with one attached hydrogen (secondary N) is 3. The van der Waals surface area contributed by atoms with Gasteiger partial charge in [-0.15, -0.1) is 0 Å². The van der Waals surface area contributed by atoms with Crippen LogP contribution in [0.4, 0.5) is 11.4 Å². The van der Waals surface area contributed by atoms with Gasteiger partial charge >= 0.3 is 0 Å². The van der Waals surface area contributed by atoms with Crippen LogP contribution in [0.25, 0.3) is 0 Å². The first-order chi connectivity index (χ1) is 13.4. The van der Waals surface area contributed by atoms with E-state index in [1.165, 1.54) is 48.5 Å². The summed E-state index contributed by atoms with van der Waals surface area (Å²) in [5.74, 6) is -1.02. The van der Waals surface area contributed by atoms with Crippen molar-refractivity contribution in [3.8, 4) is 0 Å². The van der Waals surface area contributed by atoms with E-state index in [2.05, 4.69) is 16.0 Å². The van der Waals surface area contributed by atoms with E-state index in [4.69, 9.17) is 0 Å². The number of para-hydroxylation sites is 1. The molecule has 0 fully saturated rings. The van der Waals surface area contributed by atoms with Crippen LogP contribution in [0, 0.1) is 10.1 Å². The summed E-state index contributed by atoms with van der Waals surface area (Å²) in [7, 11) is 0. The van der Waals surface area contributed by atoms with Gasteiger partial charge in [-0.25, -0.2) is 0 Å². The first-order valence-electron chi connectivity index (χ1n) is 8.62. The maximum Gasteiger partial charge on any atom is 0.282 e. The standard InChI is InChI=1S/C19H20N4O5/c1-2-17(24)20-11-12-21-18(25)13-7-9-14(10-8-13)22-19(26)15-5-3-4-6-16(15)23(27)28/h3-10H,2,11-12H2,1H3,(H,20,24)(H,21,25)(H,22,26). The van der Waals surface area contributed by atoms with E-state index < -0.39 is 10.8 Å². The van der Waals surface area contributed by atoms with Crippen LogP contribution in [0.2, 0.25) is 0 Å². The Morgan fingerprint density at radius 2 is 1.57 bits per heavy atom. The highest BCUT2D eigenvalue weighted by molar-refractivity contribution is 6.07. The van der Waals surface area contributed by atoms with Gasteiger partial charge < -0.3 is 16.0 Å². The second-order valence-electron chi connectivity index (χ2n) is 5.77. The zero-order valence-corrected chi connectivity index (χ0v) is 15.2. The molecular weight excluding hydrogens is 364 g/mol. The molecule has 0 bridgehead atoms. The third-order valence-corrected chi connectivity index (χ3v) is 3.80. The van der Waals surface area contributed by atoms with Crippen LogP contribution in [-0.4, -0.2) is 35.7 Å². The highest BCUT2D eigenvalue weighted by Gasteiger charge is 2.19. The third-order valence-electron chi connectivity index (χ3n) is 3.80. The van der Waals surface area contributed by atoms with E-state index in [0.29, 0.717) is 30.8 Å². The van der Waals surface area contributed by atoms with Gasteiger partial charge in [0.15, 0.2) is 0 Å². The Morgan fingerprint density at radius 3 is 2.21 bits per heavy atom. The maximum absolute atomic E-state index is 12.3. The number of carbonyl (C=O) groups is 3. The summed E-state index contributed by atoms with van der Waals surface area (Å²) in [5, 5.41) is 18.9. The van der Waals surface area contributed by atoms with E-state index >= 15 is 0 Å². The molecular formula is C19H20N4O5. The van der Waals surface area contributed by atoms with Gasteiger partial charge in [-0.2, -0.15) is 0 Å². The zero-order chi connectivity index (χ0) is 20.5. The lowest BCUT2D eigenvalue weighted by Crippen LogP contribution is -2.34. The molecule has 0 saturated carbocycles. The highest BCUT2D eigenvalue weighted by Crippen LogP contribution is 2.19. The van der Waals surface area contributed by atoms with Gasteiger partial charge in [-0.05, 0) is 30.3 Å². The smallest absolute Gasteiger partial charge is 0.282 e. The first-order valence-corrected chi connectivity index (χ1v) is 8.62. The van der Waals surface area contributed by atoms with Gasteiger partial charge in [0.1, 0.15) is 5.56 Å². The molecule has 3 N–H and O–H groups in total. The van der Waals surface area contributed by atoms with Crippen molar-refractivity contribution >= 4 is 29.1 Å². The number of anilines is 1. The lowest BCUT2D eigenvalue weighted by molar-refractivity contribution is -0.385. The van der Waals surface area contributed by atoms with E-state index in [1.54, 1.807) is 6.92 Å². The van der Waals surface area contributed by atoms with Crippen molar-refractivity contribution in [1.29, 1.82) is 0 Å². The summed E-state index contributed by atoms with van der Waals surface area (Å²) < 4.78 is 0. The first kappa shape index (κ1) is 20.6. The van der Waals surface area contributed by atoms with E-state index in [-0.39, 0.29) is 23.1 Å². The van der Waals surface area contributed by atoms with Crippen LogP contribution in [0.15, 0.2) is 48.5 Å². The third kappa shape index (κ3) is 5.63. The number of carbonyl (C=O) groups excluding carboxylic acids is 3. The second kappa shape index (κ2) is 9.81. The largest absolute Gasteiger partial charge is 0.354 e. The van der Waals surface area contributed by atoms with E-state index in [0.717, 1.165) is 0 Å². The fourth-order valence-electron chi connectivity index (χ4n) is 2.33. The summed E-state index contributed by atoms with van der Waals surface area (Å²) >= 11 is 0. The summed E-state index contributed by atoms with van der Waals surface area (Å²) in [6.45, 7) is 2.37. The zero-order valence-electron chi connectivity index (χ0n) is 15.2. The van der Waals surface area contributed by atoms with Gasteiger partial charge in [0.2, 0.25) is 5.91 Å². The number of hydrogen-bond acceptors (Lipinski definition) is 5. The molecule has 0 unspecified atom stereocenters. The Balaban J connectivity index is 1.94. The maximum atomic E-state index is 12.3. The Hall–Kier alpha value is -3.75. The molecule has 0 aromatic heterocycles. The Kier molecular flexibility index (Phi) is 7.21. The van der Waals surface area contributed by atoms with Gasteiger partial charge in [-0.1, -0.05) is 19.1 Å². The molecule has 3 amide bonds. The Bertz CT molecular complexity index is 880. The average molecular weight is 384 g/mol. The molecule has 146 valence electrons. The lowest BCUT2D eigenvalue weighted by atomic mass is 10.1. The minimum Gasteiger partial charge on any atom is -0.354 e. The fraction of sp³-hybridized carbons (Fsp3) is 0.211. The van der Waals surface area contributed by atoms with Crippen molar-refractivity contribution in [2.45, 2.75) is 13.3 Å². The van der Waals surface area contributed by atoms with Crippen LogP contribution in [-0.2, 0) is 4.79 Å². The molecule has 0 aliphatic rings. The number of nitrogens with zero attached hydrogens (tertiary/aromatic N) is 1. The second-order valence-corrected chi connectivity index (χ2v) is 5.77. The molecule has 0 saturated heterocycles. The number of benzene rings is 2. The lowest BCUT2D eigenvalue weighted by Gasteiger charge is -2.08. The molecule has 2 rings (SSSR count). The van der Waals surface area contributed by atoms with Crippen LogP contribution in [0.1, 0.15) is 34.1 Å². The number of nitro groups is 1. The summed E-state index contributed by atoms with van der Waals surface area (Å²) in [4.78, 5) is 45.8. The van der Waals surface area contributed by atoms with Crippen molar-refractivity contribution in [3.63, 3.8) is 0 Å². The van der Waals surface area contributed by atoms with Crippen molar-refractivity contribution in [2.24, 2.45) is 0 Å². The highest BCUT2D eigenvalue weighted by atomic mass is 16.6. The molecule has 0 radical (unpaired) electrons. The molecule has 9 nitrogen and oxygen atoms in total. The van der Waals surface area contributed by atoms with Crippen molar-refractivity contribution < 1.29 is 19.3 Å². The van der Waals surface area contributed by atoms with Crippen molar-refractivity contribution in [1.82, 2.24) is 10.6 Å². The summed E-state index contributed by atoms with van der Waals surface area (Å²) in [6.07, 6.45) is 0.382. The number of hydrogen-bond donors (Lipinski definition) is 3. The van der Waals surface area contributed by atoms with Crippen molar-refractivity contribution in [3.05, 3.63) is 69.8 Å². The minimum atomic E-state index is -0.620. The predicted molar refractivity (Wildman–Crippen MR) is 103 cm³/mol. The number of amides is 3. The number of nitro benzene ring substituents is 1. The Morgan fingerprint density at radius 1 is 0.929 bits per heavy atom. The molecule has 0 aliphatic carbocycles. The molecule has 0 spiro atoms.